The van der Waals surface area contributed by atoms with Crippen LogP contribution >= 0.6 is 0 Å². The van der Waals surface area contributed by atoms with Crippen molar-refractivity contribution in [1.29, 1.82) is 0 Å². The van der Waals surface area contributed by atoms with E-state index in [1.165, 1.54) is 17.7 Å². The first-order valence-corrected chi connectivity index (χ1v) is 12.8. The Morgan fingerprint density at radius 1 is 1.03 bits per heavy atom. The van der Waals surface area contributed by atoms with Crippen LogP contribution in [0.25, 0.3) is 28.5 Å². The lowest BCUT2D eigenvalue weighted by molar-refractivity contribution is -0.132. The molecule has 192 valence electrons. The zero-order valence-electron chi connectivity index (χ0n) is 20.8. The fourth-order valence-corrected chi connectivity index (χ4v) is 4.91. The van der Waals surface area contributed by atoms with Crippen LogP contribution in [0.1, 0.15) is 24.8 Å². The normalized spacial score (nSPS) is 14.2. The summed E-state index contributed by atoms with van der Waals surface area (Å²) in [5.41, 5.74) is 4.01. The molecule has 0 radical (unpaired) electrons. The van der Waals surface area contributed by atoms with Gasteiger partial charge in [-0.2, -0.15) is 4.98 Å². The minimum atomic E-state index is -0.310. The molecule has 38 heavy (non-hydrogen) atoms. The van der Waals surface area contributed by atoms with Gasteiger partial charge in [0.15, 0.2) is 0 Å². The summed E-state index contributed by atoms with van der Waals surface area (Å²) in [5, 5.41) is 3.45. The lowest BCUT2D eigenvalue weighted by Crippen LogP contribution is -2.42. The number of amides is 1. The van der Waals surface area contributed by atoms with Crippen molar-refractivity contribution in [2.45, 2.75) is 31.7 Å². The smallest absolute Gasteiger partial charge is 0.306 e. The third-order valence-electron chi connectivity index (χ3n) is 6.93. The van der Waals surface area contributed by atoms with Crippen molar-refractivity contribution in [3.8, 4) is 22.6 Å². The molecular weight excluding hydrogens is 483 g/mol. The number of nitrogens with one attached hydrogen (secondary N) is 1. The molecule has 1 aliphatic rings. The van der Waals surface area contributed by atoms with E-state index in [1.54, 1.807) is 30.8 Å². The zero-order valence-corrected chi connectivity index (χ0v) is 20.8. The van der Waals surface area contributed by atoms with Gasteiger partial charge in [-0.1, -0.05) is 30.3 Å². The van der Waals surface area contributed by atoms with Gasteiger partial charge in [0.1, 0.15) is 23.5 Å². The minimum absolute atomic E-state index is 0.166. The van der Waals surface area contributed by atoms with Crippen LogP contribution < -0.4 is 5.32 Å². The maximum atomic E-state index is 13.5. The van der Waals surface area contributed by atoms with Crippen LogP contribution in [0.15, 0.2) is 83.7 Å². The van der Waals surface area contributed by atoms with E-state index in [0.717, 1.165) is 30.5 Å². The number of halogens is 1. The molecule has 1 amide bonds. The maximum absolute atomic E-state index is 13.5. The van der Waals surface area contributed by atoms with E-state index in [-0.39, 0.29) is 17.8 Å². The molecule has 1 aliphatic heterocycles. The molecule has 1 saturated heterocycles. The molecule has 0 bridgehead atoms. The van der Waals surface area contributed by atoms with E-state index in [2.05, 4.69) is 27.4 Å². The van der Waals surface area contributed by atoms with Gasteiger partial charge in [0, 0.05) is 43.5 Å². The van der Waals surface area contributed by atoms with Crippen molar-refractivity contribution in [3.05, 3.63) is 90.7 Å². The number of piperidine rings is 1. The summed E-state index contributed by atoms with van der Waals surface area (Å²) in [6.07, 6.45) is 7.99. The van der Waals surface area contributed by atoms with Crippen LogP contribution in [0.3, 0.4) is 0 Å². The summed E-state index contributed by atoms with van der Waals surface area (Å²) in [6, 6.07) is 18.3. The largest absolute Gasteiger partial charge is 0.432 e. The summed E-state index contributed by atoms with van der Waals surface area (Å²) in [5.74, 6) is 0.830. The van der Waals surface area contributed by atoms with E-state index >= 15 is 0 Å². The summed E-state index contributed by atoms with van der Waals surface area (Å²) in [7, 11) is 0. The zero-order chi connectivity index (χ0) is 25.9. The highest BCUT2D eigenvalue weighted by Crippen LogP contribution is 2.32. The molecule has 1 N–H and O–H groups in total. The van der Waals surface area contributed by atoms with Crippen LogP contribution in [0.2, 0.25) is 0 Å². The summed E-state index contributed by atoms with van der Waals surface area (Å²) in [4.78, 5) is 28.5. The Balaban J connectivity index is 1.13. The standard InChI is InChI=1S/C29H27FN6O2/c30-22-9-7-21(8-10-22)26-27(36-18-19-38-29(36)34-26)24-12-15-31-28(33-24)32-23-13-16-35(17-14-23)25(37)11-6-20-4-2-1-3-5-20/h1-5,7-10,12,15,18-19,23H,6,11,13-14,16-17H2,(H,31,32,33). The Bertz CT molecular complexity index is 1540. The first-order chi connectivity index (χ1) is 18.6. The Morgan fingerprint density at radius 2 is 1.82 bits per heavy atom. The third-order valence-corrected chi connectivity index (χ3v) is 6.93. The molecule has 0 spiro atoms. The molecule has 8 nitrogen and oxygen atoms in total. The summed E-state index contributed by atoms with van der Waals surface area (Å²) >= 11 is 0. The number of oxazole rings is 1. The highest BCUT2D eigenvalue weighted by molar-refractivity contribution is 5.79. The van der Waals surface area contributed by atoms with Crippen LogP contribution in [0.5, 0.6) is 0 Å². The highest BCUT2D eigenvalue weighted by atomic mass is 19.1. The van der Waals surface area contributed by atoms with E-state index in [1.807, 2.05) is 33.6 Å². The number of imidazole rings is 1. The van der Waals surface area contributed by atoms with Gasteiger partial charge in [0.2, 0.25) is 11.9 Å². The fourth-order valence-electron chi connectivity index (χ4n) is 4.91. The van der Waals surface area contributed by atoms with Gasteiger partial charge in [0.05, 0.1) is 5.69 Å². The number of fused-ring (bicyclic) bond motifs is 1. The van der Waals surface area contributed by atoms with Gasteiger partial charge in [0.25, 0.3) is 0 Å². The van der Waals surface area contributed by atoms with Crippen molar-refractivity contribution in [1.82, 2.24) is 24.3 Å². The van der Waals surface area contributed by atoms with Crippen molar-refractivity contribution in [2.24, 2.45) is 0 Å². The lowest BCUT2D eigenvalue weighted by atomic mass is 10.0. The van der Waals surface area contributed by atoms with Crippen molar-refractivity contribution >= 4 is 17.7 Å². The Labute approximate surface area is 219 Å². The van der Waals surface area contributed by atoms with Gasteiger partial charge in [-0.05, 0) is 55.2 Å². The SMILES string of the molecule is O=C(CCc1ccccc1)N1CCC(Nc2nccc(-c3c(-c4ccc(F)cc4)nc4occn34)n2)CC1. The lowest BCUT2D eigenvalue weighted by Gasteiger charge is -2.32. The molecule has 0 saturated carbocycles. The number of anilines is 1. The number of aromatic nitrogens is 4. The van der Waals surface area contributed by atoms with Crippen molar-refractivity contribution in [3.63, 3.8) is 0 Å². The van der Waals surface area contributed by atoms with Gasteiger partial charge < -0.3 is 14.6 Å². The third kappa shape index (κ3) is 5.00. The fraction of sp³-hybridized carbons (Fsp3) is 0.241. The predicted octanol–water partition coefficient (Wildman–Crippen LogP) is 5.23. The Kier molecular flexibility index (Phi) is 6.56. The first kappa shape index (κ1) is 23.8. The predicted molar refractivity (Wildman–Crippen MR) is 142 cm³/mol. The van der Waals surface area contributed by atoms with Gasteiger partial charge in [-0.15, -0.1) is 0 Å². The number of hydrogen-bond donors (Lipinski definition) is 1. The molecule has 0 aliphatic carbocycles. The molecule has 0 unspecified atom stereocenters. The van der Waals surface area contributed by atoms with E-state index < -0.39 is 0 Å². The monoisotopic (exact) mass is 510 g/mol. The number of nitrogens with zero attached hydrogens (tertiary/aromatic N) is 5. The van der Waals surface area contributed by atoms with Crippen LogP contribution in [0.4, 0.5) is 10.3 Å². The van der Waals surface area contributed by atoms with E-state index in [0.29, 0.717) is 42.7 Å². The van der Waals surface area contributed by atoms with E-state index in [4.69, 9.17) is 9.40 Å². The van der Waals surface area contributed by atoms with Gasteiger partial charge >= 0.3 is 5.84 Å². The number of carbonyl (C=O) groups is 1. The average Bonchev–Trinajstić information content (AvgIpc) is 3.55. The molecule has 4 heterocycles. The number of rotatable bonds is 7. The van der Waals surface area contributed by atoms with Crippen LogP contribution in [-0.4, -0.2) is 49.3 Å². The second-order valence-corrected chi connectivity index (χ2v) is 9.42. The molecule has 6 rings (SSSR count). The van der Waals surface area contributed by atoms with Crippen LogP contribution in [-0.2, 0) is 11.2 Å². The van der Waals surface area contributed by atoms with Crippen molar-refractivity contribution < 1.29 is 13.6 Å². The average molecular weight is 511 g/mol. The number of benzene rings is 2. The highest BCUT2D eigenvalue weighted by Gasteiger charge is 2.24. The molecule has 5 aromatic rings. The van der Waals surface area contributed by atoms with Gasteiger partial charge in [-0.3, -0.25) is 9.20 Å². The quantitative estimate of drug-likeness (QED) is 0.323. The molecule has 1 fully saturated rings. The second kappa shape index (κ2) is 10.5. The van der Waals surface area contributed by atoms with E-state index in [9.17, 15) is 9.18 Å². The minimum Gasteiger partial charge on any atom is -0.432 e. The summed E-state index contributed by atoms with van der Waals surface area (Å²) in [6.45, 7) is 1.41. The summed E-state index contributed by atoms with van der Waals surface area (Å²) < 4.78 is 20.9. The van der Waals surface area contributed by atoms with Crippen molar-refractivity contribution in [2.75, 3.05) is 18.4 Å². The molecule has 2 aromatic carbocycles. The maximum Gasteiger partial charge on any atom is 0.306 e. The number of aryl methyl sites for hydroxylation is 1. The molecule has 0 atom stereocenters. The second-order valence-electron chi connectivity index (χ2n) is 9.42. The topological polar surface area (TPSA) is 88.6 Å². The first-order valence-electron chi connectivity index (χ1n) is 12.8. The number of carbonyl (C=O) groups excluding carboxylic acids is 1. The number of likely N-dealkylation sites (tertiary alicyclic amines) is 1. The van der Waals surface area contributed by atoms with Crippen LogP contribution in [0, 0.1) is 5.82 Å². The van der Waals surface area contributed by atoms with Gasteiger partial charge in [-0.25, -0.2) is 14.4 Å². The molecule has 3 aromatic heterocycles. The number of hydrogen-bond acceptors (Lipinski definition) is 6. The Morgan fingerprint density at radius 3 is 2.61 bits per heavy atom. The molecule has 9 heteroatoms. The molecular formula is C29H27FN6O2. The Hall–Kier alpha value is -4.53.